The van der Waals surface area contributed by atoms with E-state index in [1.807, 2.05) is 12.1 Å². The molecule has 5 nitrogen and oxygen atoms in total. The Kier molecular flexibility index (Phi) is 5.43. The summed E-state index contributed by atoms with van der Waals surface area (Å²) < 4.78 is 5.32. The van der Waals surface area contributed by atoms with Gasteiger partial charge in [-0.15, -0.1) is 0 Å². The third-order valence-electron chi connectivity index (χ3n) is 3.39. The van der Waals surface area contributed by atoms with Crippen molar-refractivity contribution in [3.8, 4) is 5.75 Å². The fraction of sp³-hybridized carbons (Fsp3) is 0.312. The number of aliphatic carboxylic acids is 1. The van der Waals surface area contributed by atoms with Gasteiger partial charge in [0.05, 0.1) is 24.0 Å². The molecule has 0 N–H and O–H groups in total. The summed E-state index contributed by atoms with van der Waals surface area (Å²) in [5.74, 6) is -1.30. The number of carbonyl (C=O) groups excluding carboxylic acids is 2. The number of methoxy groups -OCH3 is 1. The molecule has 0 saturated carbocycles. The second kappa shape index (κ2) is 7.14. The van der Waals surface area contributed by atoms with Gasteiger partial charge in [0.2, 0.25) is 0 Å². The van der Waals surface area contributed by atoms with E-state index in [0.717, 1.165) is 22.2 Å². The maximum absolute atomic E-state index is 12.5. The van der Waals surface area contributed by atoms with Crippen molar-refractivity contribution in [2.24, 2.45) is 5.92 Å². The molecule has 1 fully saturated rings. The fourth-order valence-electron chi connectivity index (χ4n) is 2.25. The molecule has 7 heteroatoms. The first-order valence-corrected chi connectivity index (χ1v) is 8.19. The molecule has 1 aromatic rings. The van der Waals surface area contributed by atoms with E-state index in [1.54, 1.807) is 39.2 Å². The second-order valence-electron chi connectivity index (χ2n) is 5.33. The Bertz CT molecular complexity index is 667. The molecule has 0 aromatic heterocycles. The molecule has 1 aliphatic heterocycles. The van der Waals surface area contributed by atoms with Gasteiger partial charge in [0, 0.05) is 0 Å². The molecule has 0 bridgehead atoms. The predicted octanol–water partition coefficient (Wildman–Crippen LogP) is 1.67. The van der Waals surface area contributed by atoms with Gasteiger partial charge in [-0.25, -0.2) is 0 Å². The van der Waals surface area contributed by atoms with Crippen LogP contribution in [0.25, 0.3) is 6.08 Å². The fourth-order valence-corrected chi connectivity index (χ4v) is 3.58. The molecule has 0 radical (unpaired) electrons. The van der Waals surface area contributed by atoms with Gasteiger partial charge >= 0.3 is 0 Å². The third kappa shape index (κ3) is 3.73. The molecule has 1 saturated heterocycles. The van der Waals surface area contributed by atoms with Crippen molar-refractivity contribution >= 4 is 46.3 Å². The molecule has 1 atom stereocenters. The Morgan fingerprint density at radius 3 is 2.43 bits per heavy atom. The summed E-state index contributed by atoms with van der Waals surface area (Å²) in [4.78, 5) is 25.4. The van der Waals surface area contributed by atoms with Gasteiger partial charge in [0.15, 0.2) is 0 Å². The minimum absolute atomic E-state index is 0.234. The monoisotopic (exact) mass is 350 g/mol. The number of carboxylic acids is 1. The number of carbonyl (C=O) groups is 2. The lowest BCUT2D eigenvalue weighted by atomic mass is 10.0. The quantitative estimate of drug-likeness (QED) is 0.594. The molecule has 122 valence electrons. The molecule has 1 heterocycles. The molecule has 23 heavy (non-hydrogen) atoms. The normalized spacial score (nSPS) is 17.9. The standard InChI is InChI=1S/C16H17NO4S2/c1-9(2)13(15(19)20)17-14(18)12(23-16(17)22)8-10-4-6-11(21-3)7-5-10/h4-9,13H,1-3H3,(H,19,20)/p-1/b12-8+/t13-/m0/s1. The van der Waals surface area contributed by atoms with E-state index in [2.05, 4.69) is 0 Å². The Balaban J connectivity index is 2.29. The predicted molar refractivity (Wildman–Crippen MR) is 91.6 cm³/mol. The molecule has 0 aliphatic carbocycles. The second-order valence-corrected chi connectivity index (χ2v) is 7.01. The molecule has 2 rings (SSSR count). The van der Waals surface area contributed by atoms with Gasteiger partial charge in [-0.2, -0.15) is 0 Å². The van der Waals surface area contributed by atoms with Crippen LogP contribution >= 0.6 is 24.0 Å². The third-order valence-corrected chi connectivity index (χ3v) is 4.72. The van der Waals surface area contributed by atoms with Crippen LogP contribution in [-0.2, 0) is 9.59 Å². The molecule has 1 aliphatic rings. The van der Waals surface area contributed by atoms with Crippen molar-refractivity contribution < 1.29 is 19.4 Å². The lowest BCUT2D eigenvalue weighted by Crippen LogP contribution is -2.52. The summed E-state index contributed by atoms with van der Waals surface area (Å²) >= 11 is 6.28. The first-order valence-electron chi connectivity index (χ1n) is 6.97. The van der Waals surface area contributed by atoms with Crippen LogP contribution in [0.2, 0.25) is 0 Å². The Hall–Kier alpha value is -1.86. The zero-order chi connectivity index (χ0) is 17.1. The van der Waals surface area contributed by atoms with Crippen LogP contribution in [0.5, 0.6) is 5.75 Å². The minimum atomic E-state index is -1.30. The number of thioether (sulfide) groups is 1. The topological polar surface area (TPSA) is 69.7 Å². The average molecular weight is 350 g/mol. The molecule has 1 aromatic carbocycles. The number of carboxylic acid groups (broad SMARTS) is 1. The van der Waals surface area contributed by atoms with Crippen molar-refractivity contribution in [2.75, 3.05) is 7.11 Å². The SMILES string of the molecule is COc1ccc(/C=C2/SC(=S)N([C@H](C(=O)[O-])C(C)C)C2=O)cc1. The molecular weight excluding hydrogens is 334 g/mol. The summed E-state index contributed by atoms with van der Waals surface area (Å²) in [6.45, 7) is 3.43. The number of hydrogen-bond acceptors (Lipinski definition) is 6. The van der Waals surface area contributed by atoms with Gasteiger partial charge < -0.3 is 14.6 Å². The number of benzene rings is 1. The van der Waals surface area contributed by atoms with Crippen LogP contribution in [0, 0.1) is 5.92 Å². The van der Waals surface area contributed by atoms with E-state index in [1.165, 1.54) is 0 Å². The Morgan fingerprint density at radius 1 is 1.35 bits per heavy atom. The average Bonchev–Trinajstić information content (AvgIpc) is 2.75. The highest BCUT2D eigenvalue weighted by Gasteiger charge is 2.38. The summed E-state index contributed by atoms with van der Waals surface area (Å²) in [5.41, 5.74) is 0.806. The zero-order valence-corrected chi connectivity index (χ0v) is 14.6. The summed E-state index contributed by atoms with van der Waals surface area (Å²) in [6, 6.07) is 6.12. The van der Waals surface area contributed by atoms with Crippen molar-refractivity contribution in [1.82, 2.24) is 4.90 Å². The highest BCUT2D eigenvalue weighted by molar-refractivity contribution is 8.26. The largest absolute Gasteiger partial charge is 0.548 e. The minimum Gasteiger partial charge on any atom is -0.548 e. The molecule has 1 amide bonds. The van der Waals surface area contributed by atoms with Crippen LogP contribution in [0.4, 0.5) is 0 Å². The van der Waals surface area contributed by atoms with Gasteiger partial charge in [0.25, 0.3) is 5.91 Å². The van der Waals surface area contributed by atoms with Gasteiger partial charge in [-0.05, 0) is 29.7 Å². The summed E-state index contributed by atoms with van der Waals surface area (Å²) in [5, 5.41) is 11.3. The van der Waals surface area contributed by atoms with E-state index in [9.17, 15) is 14.7 Å². The number of amides is 1. The molecule has 0 unspecified atom stereocenters. The molecule has 0 spiro atoms. The van der Waals surface area contributed by atoms with Gasteiger partial charge in [-0.1, -0.05) is 50.0 Å². The van der Waals surface area contributed by atoms with Crippen LogP contribution in [-0.4, -0.2) is 34.2 Å². The Morgan fingerprint density at radius 2 is 1.96 bits per heavy atom. The van der Waals surface area contributed by atoms with Crippen molar-refractivity contribution in [2.45, 2.75) is 19.9 Å². The van der Waals surface area contributed by atoms with E-state index >= 15 is 0 Å². The number of hydrogen-bond donors (Lipinski definition) is 0. The Labute approximate surface area is 144 Å². The maximum Gasteiger partial charge on any atom is 0.266 e. The first-order chi connectivity index (χ1) is 10.8. The highest BCUT2D eigenvalue weighted by Crippen LogP contribution is 2.35. The van der Waals surface area contributed by atoms with E-state index in [0.29, 0.717) is 10.7 Å². The highest BCUT2D eigenvalue weighted by atomic mass is 32.2. The number of ether oxygens (including phenoxy) is 1. The number of nitrogens with zero attached hydrogens (tertiary/aromatic N) is 1. The first kappa shape index (κ1) is 17.5. The van der Waals surface area contributed by atoms with Gasteiger partial charge in [-0.3, -0.25) is 9.69 Å². The number of thiocarbonyl (C=S) groups is 1. The summed E-state index contributed by atoms with van der Waals surface area (Å²) in [6.07, 6.45) is 1.69. The van der Waals surface area contributed by atoms with Crippen molar-refractivity contribution in [3.63, 3.8) is 0 Å². The van der Waals surface area contributed by atoms with Crippen LogP contribution in [0.15, 0.2) is 29.2 Å². The smallest absolute Gasteiger partial charge is 0.266 e. The van der Waals surface area contributed by atoms with Crippen LogP contribution in [0.1, 0.15) is 19.4 Å². The lowest BCUT2D eigenvalue weighted by Gasteiger charge is -2.30. The molecular formula is C16H16NO4S2-. The van der Waals surface area contributed by atoms with Crippen molar-refractivity contribution in [3.05, 3.63) is 34.7 Å². The zero-order valence-electron chi connectivity index (χ0n) is 12.9. The van der Waals surface area contributed by atoms with Crippen molar-refractivity contribution in [1.29, 1.82) is 0 Å². The number of rotatable bonds is 5. The lowest BCUT2D eigenvalue weighted by molar-refractivity contribution is -0.311. The summed E-state index contributed by atoms with van der Waals surface area (Å²) in [7, 11) is 1.58. The van der Waals surface area contributed by atoms with Crippen LogP contribution in [0.3, 0.4) is 0 Å². The van der Waals surface area contributed by atoms with E-state index in [4.69, 9.17) is 17.0 Å². The van der Waals surface area contributed by atoms with E-state index < -0.39 is 17.9 Å². The van der Waals surface area contributed by atoms with E-state index in [-0.39, 0.29) is 10.2 Å². The van der Waals surface area contributed by atoms with Crippen LogP contribution < -0.4 is 9.84 Å². The van der Waals surface area contributed by atoms with Gasteiger partial charge in [0.1, 0.15) is 10.1 Å². The maximum atomic E-state index is 12.5.